The molecule has 2 saturated heterocycles. The maximum Gasteiger partial charge on any atom is 0.226 e. The lowest BCUT2D eigenvalue weighted by molar-refractivity contribution is -0.139. The summed E-state index contributed by atoms with van der Waals surface area (Å²) < 4.78 is 23.0. The van der Waals surface area contributed by atoms with Crippen molar-refractivity contribution in [2.45, 2.75) is 31.8 Å². The highest BCUT2D eigenvalue weighted by Crippen LogP contribution is 2.33. The quantitative estimate of drug-likeness (QED) is 0.855. The van der Waals surface area contributed by atoms with Gasteiger partial charge in [-0.15, -0.1) is 0 Å². The highest BCUT2D eigenvalue weighted by Gasteiger charge is 2.40. The molecule has 3 rings (SSSR count). The number of amides is 1. The Labute approximate surface area is 136 Å². The van der Waals surface area contributed by atoms with Crippen LogP contribution in [-0.2, 0) is 20.2 Å². The lowest BCUT2D eigenvalue weighted by atomic mass is 9.87. The molecule has 2 aliphatic rings. The molecule has 1 atom stereocenters. The van der Waals surface area contributed by atoms with Crippen LogP contribution in [0.3, 0.4) is 0 Å². The van der Waals surface area contributed by atoms with Crippen LogP contribution in [0.2, 0.25) is 0 Å². The average molecular weight is 338 g/mol. The van der Waals surface area contributed by atoms with Crippen molar-refractivity contribution in [2.75, 3.05) is 24.6 Å². The summed E-state index contributed by atoms with van der Waals surface area (Å²) >= 11 is 0. The molecule has 0 saturated carbocycles. The number of pyridine rings is 1. The number of hydrogen-bond acceptors (Lipinski definition) is 5. The number of carbonyl (C=O) groups is 1. The SMILES string of the molecule is Cc1ccc(C2(O)CCN(C(=O)[C@H]3CCS(=O)(=O)C3)CC2)nc1. The summed E-state index contributed by atoms with van der Waals surface area (Å²) in [5, 5.41) is 10.8. The molecule has 0 spiro atoms. The number of aromatic nitrogens is 1. The van der Waals surface area contributed by atoms with Crippen LogP contribution in [0.25, 0.3) is 0 Å². The maximum atomic E-state index is 12.4. The second kappa shape index (κ2) is 5.87. The van der Waals surface area contributed by atoms with E-state index in [2.05, 4.69) is 4.98 Å². The minimum absolute atomic E-state index is 0.0356. The Morgan fingerprint density at radius 1 is 1.35 bits per heavy atom. The van der Waals surface area contributed by atoms with E-state index in [9.17, 15) is 18.3 Å². The Bertz CT molecular complexity index is 691. The zero-order chi connectivity index (χ0) is 16.7. The fourth-order valence-corrected chi connectivity index (χ4v) is 5.08. The van der Waals surface area contributed by atoms with Gasteiger partial charge < -0.3 is 10.0 Å². The van der Waals surface area contributed by atoms with E-state index in [-0.39, 0.29) is 17.4 Å². The standard InChI is InChI=1S/C16H22N2O4S/c1-12-2-3-14(17-10-12)16(20)5-7-18(8-6-16)15(19)13-4-9-23(21,22)11-13/h2-3,10,13,20H,4-9,11H2,1H3/t13-/m0/s1. The predicted molar refractivity (Wildman–Crippen MR) is 85.4 cm³/mol. The number of sulfone groups is 1. The maximum absolute atomic E-state index is 12.4. The molecule has 0 aromatic carbocycles. The van der Waals surface area contributed by atoms with Gasteiger partial charge in [0.15, 0.2) is 9.84 Å². The molecular formula is C16H22N2O4S. The Balaban J connectivity index is 1.64. The van der Waals surface area contributed by atoms with Gasteiger partial charge in [-0.3, -0.25) is 9.78 Å². The second-order valence-electron chi connectivity index (χ2n) is 6.68. The summed E-state index contributed by atoms with van der Waals surface area (Å²) in [7, 11) is -3.06. The summed E-state index contributed by atoms with van der Waals surface area (Å²) in [5.41, 5.74) is 0.665. The summed E-state index contributed by atoms with van der Waals surface area (Å²) in [4.78, 5) is 18.4. The molecule has 126 valence electrons. The highest BCUT2D eigenvalue weighted by molar-refractivity contribution is 7.91. The highest BCUT2D eigenvalue weighted by atomic mass is 32.2. The Morgan fingerprint density at radius 3 is 2.57 bits per heavy atom. The molecule has 1 aromatic heterocycles. The minimum atomic E-state index is -3.06. The lowest BCUT2D eigenvalue weighted by Crippen LogP contribution is -2.47. The van der Waals surface area contributed by atoms with E-state index in [1.807, 2.05) is 19.1 Å². The third-order valence-electron chi connectivity index (χ3n) is 4.87. The van der Waals surface area contributed by atoms with Gasteiger partial charge in [0.25, 0.3) is 0 Å². The van der Waals surface area contributed by atoms with Gasteiger partial charge in [-0.05, 0) is 37.8 Å². The van der Waals surface area contributed by atoms with E-state index in [4.69, 9.17) is 0 Å². The normalized spacial score (nSPS) is 26.2. The van der Waals surface area contributed by atoms with Crippen molar-refractivity contribution in [3.8, 4) is 0 Å². The molecule has 1 amide bonds. The van der Waals surface area contributed by atoms with Gasteiger partial charge in [0.2, 0.25) is 5.91 Å². The fraction of sp³-hybridized carbons (Fsp3) is 0.625. The van der Waals surface area contributed by atoms with Crippen LogP contribution in [0.15, 0.2) is 18.3 Å². The third-order valence-corrected chi connectivity index (χ3v) is 6.64. The van der Waals surface area contributed by atoms with Crippen LogP contribution in [0, 0.1) is 12.8 Å². The van der Waals surface area contributed by atoms with Crippen LogP contribution in [0.1, 0.15) is 30.5 Å². The van der Waals surface area contributed by atoms with E-state index in [1.165, 1.54) is 0 Å². The Kier molecular flexibility index (Phi) is 4.18. The first-order valence-corrected chi connectivity index (χ1v) is 9.76. The van der Waals surface area contributed by atoms with Crippen molar-refractivity contribution in [3.63, 3.8) is 0 Å². The molecule has 1 aromatic rings. The smallest absolute Gasteiger partial charge is 0.226 e. The number of aliphatic hydroxyl groups is 1. The van der Waals surface area contributed by atoms with E-state index in [0.29, 0.717) is 38.0 Å². The van der Waals surface area contributed by atoms with Crippen molar-refractivity contribution < 1.29 is 18.3 Å². The van der Waals surface area contributed by atoms with Crippen molar-refractivity contribution in [1.82, 2.24) is 9.88 Å². The van der Waals surface area contributed by atoms with Gasteiger partial charge in [-0.2, -0.15) is 0 Å². The van der Waals surface area contributed by atoms with Gasteiger partial charge >= 0.3 is 0 Å². The first-order chi connectivity index (χ1) is 10.8. The van der Waals surface area contributed by atoms with Gasteiger partial charge in [0, 0.05) is 19.3 Å². The van der Waals surface area contributed by atoms with Crippen molar-refractivity contribution in [3.05, 3.63) is 29.6 Å². The molecule has 2 fully saturated rings. The minimum Gasteiger partial charge on any atom is -0.383 e. The summed E-state index contributed by atoms with van der Waals surface area (Å²) in [6.07, 6.45) is 3.00. The molecular weight excluding hydrogens is 316 g/mol. The van der Waals surface area contributed by atoms with E-state index < -0.39 is 21.4 Å². The summed E-state index contributed by atoms with van der Waals surface area (Å²) in [6, 6.07) is 3.75. The number of carbonyl (C=O) groups excluding carboxylic acids is 1. The van der Waals surface area contributed by atoms with E-state index in [1.54, 1.807) is 11.1 Å². The first-order valence-electron chi connectivity index (χ1n) is 7.94. The largest absolute Gasteiger partial charge is 0.383 e. The second-order valence-corrected chi connectivity index (χ2v) is 8.91. The van der Waals surface area contributed by atoms with Crippen LogP contribution in [0.5, 0.6) is 0 Å². The molecule has 7 heteroatoms. The van der Waals surface area contributed by atoms with Crippen molar-refractivity contribution in [1.29, 1.82) is 0 Å². The molecule has 23 heavy (non-hydrogen) atoms. The topological polar surface area (TPSA) is 87.6 Å². The van der Waals surface area contributed by atoms with Crippen LogP contribution in [-0.4, -0.2) is 53.9 Å². The van der Waals surface area contributed by atoms with E-state index in [0.717, 1.165) is 5.56 Å². The zero-order valence-corrected chi connectivity index (χ0v) is 14.1. The average Bonchev–Trinajstić information content (AvgIpc) is 2.88. The molecule has 3 heterocycles. The Morgan fingerprint density at radius 2 is 2.04 bits per heavy atom. The van der Waals surface area contributed by atoms with Gasteiger partial charge in [-0.25, -0.2) is 8.42 Å². The van der Waals surface area contributed by atoms with Crippen LogP contribution < -0.4 is 0 Å². The van der Waals surface area contributed by atoms with Crippen LogP contribution >= 0.6 is 0 Å². The van der Waals surface area contributed by atoms with E-state index >= 15 is 0 Å². The monoisotopic (exact) mass is 338 g/mol. The first kappa shape index (κ1) is 16.4. The number of likely N-dealkylation sites (tertiary alicyclic amines) is 1. The molecule has 0 unspecified atom stereocenters. The number of nitrogens with zero attached hydrogens (tertiary/aromatic N) is 2. The molecule has 2 aliphatic heterocycles. The molecule has 0 radical (unpaired) electrons. The molecule has 0 aliphatic carbocycles. The van der Waals surface area contributed by atoms with Crippen LogP contribution in [0.4, 0.5) is 0 Å². The number of rotatable bonds is 2. The molecule has 0 bridgehead atoms. The fourth-order valence-electron chi connectivity index (χ4n) is 3.34. The molecule has 1 N–H and O–H groups in total. The number of piperidine rings is 1. The number of aryl methyl sites for hydroxylation is 1. The van der Waals surface area contributed by atoms with Crippen molar-refractivity contribution in [2.24, 2.45) is 5.92 Å². The van der Waals surface area contributed by atoms with Gasteiger partial charge in [-0.1, -0.05) is 6.07 Å². The van der Waals surface area contributed by atoms with Gasteiger partial charge in [0.05, 0.1) is 23.1 Å². The molecule has 6 nitrogen and oxygen atoms in total. The zero-order valence-electron chi connectivity index (χ0n) is 13.2. The third kappa shape index (κ3) is 3.40. The van der Waals surface area contributed by atoms with Gasteiger partial charge in [0.1, 0.15) is 5.60 Å². The number of hydrogen-bond donors (Lipinski definition) is 1. The lowest BCUT2D eigenvalue weighted by Gasteiger charge is -2.38. The Hall–Kier alpha value is -1.47. The van der Waals surface area contributed by atoms with Crippen molar-refractivity contribution >= 4 is 15.7 Å². The summed E-state index contributed by atoms with van der Waals surface area (Å²) in [6.45, 7) is 2.81. The summed E-state index contributed by atoms with van der Waals surface area (Å²) in [5.74, 6) is -0.436. The predicted octanol–water partition coefficient (Wildman–Crippen LogP) is 0.635.